The van der Waals surface area contributed by atoms with Gasteiger partial charge in [0.05, 0.1) is 24.1 Å². The van der Waals surface area contributed by atoms with Crippen LogP contribution in [-0.4, -0.2) is 21.3 Å². The lowest BCUT2D eigenvalue weighted by Gasteiger charge is -2.24. The maximum atomic E-state index is 12.6. The first-order valence-corrected chi connectivity index (χ1v) is 7.89. The first kappa shape index (κ1) is 16.4. The van der Waals surface area contributed by atoms with Gasteiger partial charge < -0.3 is 4.90 Å². The minimum absolute atomic E-state index is 0.112. The van der Waals surface area contributed by atoms with Crippen molar-refractivity contribution in [2.75, 3.05) is 4.90 Å². The van der Waals surface area contributed by atoms with Crippen LogP contribution in [0.1, 0.15) is 31.7 Å². The Balaban J connectivity index is 2.30. The number of rotatable bonds is 6. The van der Waals surface area contributed by atoms with Crippen LogP contribution in [0.3, 0.4) is 0 Å². The van der Waals surface area contributed by atoms with Crippen LogP contribution in [0.5, 0.6) is 0 Å². The Hall–Kier alpha value is -1.94. The third kappa shape index (κ3) is 4.04. The molecule has 1 heterocycles. The number of nitrogens with zero attached hydrogens (tertiary/aromatic N) is 3. The van der Waals surface area contributed by atoms with Gasteiger partial charge in [0.25, 0.3) is 0 Å². The van der Waals surface area contributed by atoms with Crippen molar-refractivity contribution in [3.05, 3.63) is 54.1 Å². The summed E-state index contributed by atoms with van der Waals surface area (Å²) in [4.78, 5) is 23.0. The van der Waals surface area contributed by atoms with Crippen molar-refractivity contribution >= 4 is 23.2 Å². The quantitative estimate of drug-likeness (QED) is 0.765. The number of hydrogen-bond donors (Lipinski definition) is 0. The number of benzene rings is 1. The van der Waals surface area contributed by atoms with Crippen molar-refractivity contribution in [3.63, 3.8) is 0 Å². The Morgan fingerprint density at radius 1 is 1.18 bits per heavy atom. The molecule has 2 aromatic rings. The lowest BCUT2D eigenvalue weighted by Crippen LogP contribution is -2.36. The Kier molecular flexibility index (Phi) is 5.90. The average Bonchev–Trinajstić information content (AvgIpc) is 2.59. The first-order valence-electron chi connectivity index (χ1n) is 7.46. The normalized spacial score (nSPS) is 12.0. The Labute approximate surface area is 136 Å². The molecule has 2 rings (SSSR count). The molecule has 1 aromatic carbocycles. The number of hydrogen-bond acceptors (Lipinski definition) is 3. The summed E-state index contributed by atoms with van der Waals surface area (Å²) in [7, 11) is 0. The zero-order chi connectivity index (χ0) is 15.9. The molecule has 1 aromatic heterocycles. The fraction of sp³-hybridized carbons (Fsp3) is 0.353. The van der Waals surface area contributed by atoms with Gasteiger partial charge in [0, 0.05) is 11.9 Å². The highest BCUT2D eigenvalue weighted by molar-refractivity contribution is 6.32. The van der Waals surface area contributed by atoms with E-state index in [0.29, 0.717) is 13.0 Å². The summed E-state index contributed by atoms with van der Waals surface area (Å²) in [5, 5.41) is -0.539. The zero-order valence-corrected chi connectivity index (χ0v) is 13.6. The Morgan fingerprint density at radius 3 is 2.50 bits per heavy atom. The van der Waals surface area contributed by atoms with Gasteiger partial charge in [-0.05, 0) is 25.0 Å². The number of amides is 1. The van der Waals surface area contributed by atoms with E-state index in [1.165, 1.54) is 0 Å². The molecule has 0 aliphatic carbocycles. The molecule has 0 radical (unpaired) electrons. The number of carbonyl (C=O) groups excluding carboxylic acids is 1. The van der Waals surface area contributed by atoms with Gasteiger partial charge in [-0.3, -0.25) is 14.8 Å². The molecule has 0 aliphatic rings. The average molecular weight is 318 g/mol. The molecule has 5 heteroatoms. The number of anilines is 1. The van der Waals surface area contributed by atoms with Crippen molar-refractivity contribution < 1.29 is 4.79 Å². The topological polar surface area (TPSA) is 46.1 Å². The predicted molar refractivity (Wildman–Crippen MR) is 89.0 cm³/mol. The summed E-state index contributed by atoms with van der Waals surface area (Å²) in [6.45, 7) is 4.29. The lowest BCUT2D eigenvalue weighted by molar-refractivity contribution is -0.118. The molecular weight excluding hydrogens is 298 g/mol. The van der Waals surface area contributed by atoms with E-state index in [1.807, 2.05) is 44.2 Å². The highest BCUT2D eigenvalue weighted by atomic mass is 35.5. The maximum absolute atomic E-state index is 12.6. The molecule has 22 heavy (non-hydrogen) atoms. The third-order valence-corrected chi connectivity index (χ3v) is 3.87. The maximum Gasteiger partial charge on any atom is 0.245 e. The van der Waals surface area contributed by atoms with Gasteiger partial charge in [0.15, 0.2) is 0 Å². The molecule has 4 nitrogen and oxygen atoms in total. The van der Waals surface area contributed by atoms with Crippen LogP contribution in [0.2, 0.25) is 0 Å². The predicted octanol–water partition coefficient (Wildman–Crippen LogP) is 3.59. The number of aromatic nitrogens is 2. The van der Waals surface area contributed by atoms with E-state index < -0.39 is 5.38 Å². The Morgan fingerprint density at radius 2 is 1.86 bits per heavy atom. The van der Waals surface area contributed by atoms with Gasteiger partial charge in [0.1, 0.15) is 5.38 Å². The van der Waals surface area contributed by atoms with Crippen LogP contribution in [0.4, 0.5) is 5.69 Å². The van der Waals surface area contributed by atoms with Crippen molar-refractivity contribution in [2.24, 2.45) is 0 Å². The summed E-state index contributed by atoms with van der Waals surface area (Å²) in [5.41, 5.74) is 2.49. The monoisotopic (exact) mass is 317 g/mol. The molecule has 0 bridgehead atoms. The minimum Gasteiger partial charge on any atom is -0.305 e. The Bertz CT molecular complexity index is 618. The smallest absolute Gasteiger partial charge is 0.245 e. The molecule has 0 fully saturated rings. The van der Waals surface area contributed by atoms with Gasteiger partial charge in [-0.25, -0.2) is 0 Å². The highest BCUT2D eigenvalue weighted by Crippen LogP contribution is 2.19. The van der Waals surface area contributed by atoms with Crippen LogP contribution >= 0.6 is 11.6 Å². The van der Waals surface area contributed by atoms with Crippen molar-refractivity contribution in [3.8, 4) is 0 Å². The van der Waals surface area contributed by atoms with E-state index in [1.54, 1.807) is 17.3 Å². The fourth-order valence-corrected chi connectivity index (χ4v) is 2.23. The van der Waals surface area contributed by atoms with Crippen molar-refractivity contribution in [1.29, 1.82) is 0 Å². The van der Waals surface area contributed by atoms with E-state index in [-0.39, 0.29) is 5.91 Å². The summed E-state index contributed by atoms with van der Waals surface area (Å²) in [5.74, 6) is -0.112. The number of carbonyl (C=O) groups is 1. The molecule has 0 N–H and O–H groups in total. The van der Waals surface area contributed by atoms with Crippen molar-refractivity contribution in [1.82, 2.24) is 9.97 Å². The second kappa shape index (κ2) is 7.90. The van der Waals surface area contributed by atoms with Crippen LogP contribution in [0.25, 0.3) is 0 Å². The van der Waals surface area contributed by atoms with Crippen LogP contribution < -0.4 is 4.90 Å². The van der Waals surface area contributed by atoms with E-state index in [9.17, 15) is 4.79 Å². The molecule has 1 atom stereocenters. The fourth-order valence-electron chi connectivity index (χ4n) is 2.11. The molecule has 116 valence electrons. The molecule has 0 aliphatic heterocycles. The summed E-state index contributed by atoms with van der Waals surface area (Å²) in [6.07, 6.45) is 4.84. The summed E-state index contributed by atoms with van der Waals surface area (Å²) < 4.78 is 0. The number of alkyl halides is 1. The molecular formula is C17H20ClN3O. The third-order valence-electron chi connectivity index (χ3n) is 3.38. The SMILES string of the molecule is CCc1cncc(CN(C(=O)C(Cl)CC)c2ccccc2)n1. The number of aryl methyl sites for hydroxylation is 1. The zero-order valence-electron chi connectivity index (χ0n) is 12.9. The molecule has 0 saturated carbocycles. The summed E-state index contributed by atoms with van der Waals surface area (Å²) in [6, 6.07) is 9.52. The second-order valence-corrected chi connectivity index (χ2v) is 5.52. The second-order valence-electron chi connectivity index (χ2n) is 4.99. The van der Waals surface area contributed by atoms with E-state index in [4.69, 9.17) is 11.6 Å². The molecule has 0 saturated heterocycles. The van der Waals surface area contributed by atoms with Crippen molar-refractivity contribution in [2.45, 2.75) is 38.6 Å². The molecule has 1 unspecified atom stereocenters. The number of para-hydroxylation sites is 1. The lowest BCUT2D eigenvalue weighted by atomic mass is 10.2. The number of halogens is 1. The summed E-state index contributed by atoms with van der Waals surface area (Å²) >= 11 is 6.16. The van der Waals surface area contributed by atoms with Gasteiger partial charge in [-0.2, -0.15) is 0 Å². The van der Waals surface area contributed by atoms with Gasteiger partial charge in [-0.1, -0.05) is 32.0 Å². The van der Waals surface area contributed by atoms with Crippen LogP contribution in [0, 0.1) is 0 Å². The van der Waals surface area contributed by atoms with Crippen LogP contribution in [0.15, 0.2) is 42.7 Å². The first-order chi connectivity index (χ1) is 10.7. The van der Waals surface area contributed by atoms with Gasteiger partial charge >= 0.3 is 0 Å². The minimum atomic E-state index is -0.539. The van der Waals surface area contributed by atoms with Crippen LogP contribution in [-0.2, 0) is 17.8 Å². The molecule has 1 amide bonds. The largest absolute Gasteiger partial charge is 0.305 e. The van der Waals surface area contributed by atoms with Gasteiger partial charge in [-0.15, -0.1) is 11.6 Å². The highest BCUT2D eigenvalue weighted by Gasteiger charge is 2.23. The van der Waals surface area contributed by atoms with E-state index >= 15 is 0 Å². The van der Waals surface area contributed by atoms with Gasteiger partial charge in [0.2, 0.25) is 5.91 Å². The standard InChI is InChI=1S/C17H20ClN3O/c1-3-13-10-19-11-14(20-13)12-21(17(22)16(18)4-2)15-8-6-5-7-9-15/h5-11,16H,3-4,12H2,1-2H3. The molecule has 0 spiro atoms. The van der Waals surface area contributed by atoms with E-state index in [2.05, 4.69) is 9.97 Å². The van der Waals surface area contributed by atoms with E-state index in [0.717, 1.165) is 23.5 Å².